The van der Waals surface area contributed by atoms with E-state index in [0.29, 0.717) is 0 Å². The van der Waals surface area contributed by atoms with E-state index >= 15 is 0 Å². The van der Waals surface area contributed by atoms with Crippen molar-refractivity contribution in [2.24, 2.45) is 0 Å². The number of rotatable bonds is 0. The van der Waals surface area contributed by atoms with Crippen LogP contribution >= 0.6 is 0 Å². The van der Waals surface area contributed by atoms with Gasteiger partial charge in [0.15, 0.2) is 0 Å². The third kappa shape index (κ3) is 1.47. The van der Waals surface area contributed by atoms with E-state index in [0.717, 1.165) is 6.42 Å². The zero-order chi connectivity index (χ0) is 8.67. The van der Waals surface area contributed by atoms with Gasteiger partial charge in [-0.3, -0.25) is 0 Å². The second kappa shape index (κ2) is 3.96. The number of hydrogen-bond acceptors (Lipinski definition) is 0. The van der Waals surface area contributed by atoms with Crippen molar-refractivity contribution in [2.45, 2.75) is 6.42 Å². The van der Waals surface area contributed by atoms with Crippen LogP contribution in [-0.4, -0.2) is 0 Å². The molecule has 0 saturated carbocycles. The van der Waals surface area contributed by atoms with E-state index in [2.05, 4.69) is 42.5 Å². The van der Waals surface area contributed by atoms with Gasteiger partial charge in [-0.2, -0.15) is 24.3 Å². The Hall–Kier alpha value is -0.456. The topological polar surface area (TPSA) is 0 Å². The Bertz CT molecular complexity index is 417. The van der Waals surface area contributed by atoms with Crippen LogP contribution in [0.15, 0.2) is 42.5 Å². The molecule has 3 rings (SSSR count). The molecule has 0 unspecified atom stereocenters. The molecule has 0 spiro atoms. The molecule has 0 N–H and O–H groups in total. The van der Waals surface area contributed by atoms with Crippen molar-refractivity contribution < 1.29 is 32.7 Å². The van der Waals surface area contributed by atoms with Crippen molar-refractivity contribution in [1.82, 2.24) is 0 Å². The Morgan fingerprint density at radius 1 is 0.929 bits per heavy atom. The first-order valence-electron chi connectivity index (χ1n) is 4.52. The molecule has 0 nitrogen and oxygen atoms in total. The van der Waals surface area contributed by atoms with Gasteiger partial charge in [0, 0.05) is 0 Å². The predicted octanol–water partition coefficient (Wildman–Crippen LogP) is 3.06. The first-order valence-corrected chi connectivity index (χ1v) is 4.52. The van der Waals surface area contributed by atoms with Crippen LogP contribution in [0.3, 0.4) is 0 Å². The molecule has 0 bridgehead atoms. The maximum atomic E-state index is 3.13. The van der Waals surface area contributed by atoms with Crippen LogP contribution in [0.25, 0.3) is 11.1 Å². The van der Waals surface area contributed by atoms with E-state index < -0.39 is 0 Å². The number of benzene rings is 2. The molecule has 0 amide bonds. The zero-order valence-electron chi connectivity index (χ0n) is 7.83. The van der Waals surface area contributed by atoms with Crippen molar-refractivity contribution in [2.75, 3.05) is 0 Å². The normalized spacial score (nSPS) is 11.4. The summed E-state index contributed by atoms with van der Waals surface area (Å²) in [6.07, 6.45) is 1.07. The summed E-state index contributed by atoms with van der Waals surface area (Å²) in [4.78, 5) is 0. The van der Waals surface area contributed by atoms with Crippen molar-refractivity contribution in [3.8, 4) is 11.1 Å². The summed E-state index contributed by atoms with van der Waals surface area (Å²) in [6.45, 7) is 0. The SMILES string of the molecule is [Y+3].[c-]1ccc2c(c1)Cc1ccccc1-2. The van der Waals surface area contributed by atoms with Gasteiger partial charge in [0.2, 0.25) is 0 Å². The quantitative estimate of drug-likeness (QED) is 0.541. The van der Waals surface area contributed by atoms with Gasteiger partial charge in [0.25, 0.3) is 0 Å². The molecule has 0 atom stereocenters. The minimum Gasteiger partial charge on any atom is -0.183 e. The van der Waals surface area contributed by atoms with Gasteiger partial charge in [-0.25, -0.2) is 0 Å². The Balaban J connectivity index is 0.000000750. The minimum absolute atomic E-state index is 0. The van der Waals surface area contributed by atoms with Crippen molar-refractivity contribution in [1.29, 1.82) is 0 Å². The smallest absolute Gasteiger partial charge is 0.183 e. The van der Waals surface area contributed by atoms with E-state index in [1.807, 2.05) is 6.07 Å². The second-order valence-electron chi connectivity index (χ2n) is 3.42. The summed E-state index contributed by atoms with van der Waals surface area (Å²) >= 11 is 0. The van der Waals surface area contributed by atoms with Crippen LogP contribution in [0.1, 0.15) is 11.1 Å². The molecule has 2 aromatic rings. The van der Waals surface area contributed by atoms with Crippen LogP contribution in [0.2, 0.25) is 0 Å². The summed E-state index contributed by atoms with van der Waals surface area (Å²) in [6, 6.07) is 18.0. The van der Waals surface area contributed by atoms with Gasteiger partial charge in [-0.05, 0) is 17.5 Å². The second-order valence-corrected chi connectivity index (χ2v) is 3.42. The average Bonchev–Trinajstić information content (AvgIpc) is 2.56. The molecule has 1 heteroatoms. The summed E-state index contributed by atoms with van der Waals surface area (Å²) in [5, 5.41) is 0. The van der Waals surface area contributed by atoms with E-state index in [1.54, 1.807) is 0 Å². The fraction of sp³-hybridized carbons (Fsp3) is 0.0769. The third-order valence-corrected chi connectivity index (χ3v) is 2.64. The van der Waals surface area contributed by atoms with Gasteiger partial charge in [0.05, 0.1) is 0 Å². The van der Waals surface area contributed by atoms with Crippen LogP contribution in [0.4, 0.5) is 0 Å². The van der Waals surface area contributed by atoms with E-state index in [-0.39, 0.29) is 32.7 Å². The van der Waals surface area contributed by atoms with Gasteiger partial charge in [0.1, 0.15) is 0 Å². The molecule has 0 aromatic heterocycles. The summed E-state index contributed by atoms with van der Waals surface area (Å²) < 4.78 is 0. The molecule has 2 aromatic carbocycles. The third-order valence-electron chi connectivity index (χ3n) is 2.64. The number of fused-ring (bicyclic) bond motifs is 3. The monoisotopic (exact) mass is 254 g/mol. The first kappa shape index (κ1) is 10.1. The van der Waals surface area contributed by atoms with Gasteiger partial charge in [-0.1, -0.05) is 24.3 Å². The zero-order valence-corrected chi connectivity index (χ0v) is 10.7. The molecule has 0 heterocycles. The number of hydrogen-bond donors (Lipinski definition) is 0. The van der Waals surface area contributed by atoms with Crippen LogP contribution < -0.4 is 0 Å². The molecule has 0 saturated heterocycles. The van der Waals surface area contributed by atoms with Gasteiger partial charge < -0.3 is 0 Å². The van der Waals surface area contributed by atoms with Crippen LogP contribution in [0.5, 0.6) is 0 Å². The first-order chi connectivity index (χ1) is 6.45. The van der Waals surface area contributed by atoms with E-state index in [1.165, 1.54) is 22.3 Å². The Kier molecular flexibility index (Phi) is 2.85. The molecule has 14 heavy (non-hydrogen) atoms. The predicted molar refractivity (Wildman–Crippen MR) is 53.5 cm³/mol. The summed E-state index contributed by atoms with van der Waals surface area (Å²) in [7, 11) is 0. The Morgan fingerprint density at radius 2 is 1.71 bits per heavy atom. The maximum Gasteiger partial charge on any atom is 3.00 e. The van der Waals surface area contributed by atoms with E-state index in [9.17, 15) is 0 Å². The molecular weight excluding hydrogens is 245 g/mol. The van der Waals surface area contributed by atoms with Crippen molar-refractivity contribution in [3.05, 3.63) is 59.7 Å². The molecule has 0 radical (unpaired) electrons. The van der Waals surface area contributed by atoms with E-state index in [4.69, 9.17) is 0 Å². The van der Waals surface area contributed by atoms with Crippen molar-refractivity contribution in [3.63, 3.8) is 0 Å². The Morgan fingerprint density at radius 3 is 2.64 bits per heavy atom. The molecular formula is C13H9Y+2. The van der Waals surface area contributed by atoms with Gasteiger partial charge in [-0.15, -0.1) is 11.1 Å². The van der Waals surface area contributed by atoms with Crippen molar-refractivity contribution >= 4 is 0 Å². The van der Waals surface area contributed by atoms with Gasteiger partial charge >= 0.3 is 32.7 Å². The Labute approximate surface area is 109 Å². The minimum atomic E-state index is 0. The standard InChI is InChI=1S/C13H9.Y/c1-3-7-12-10(5-1)9-11-6-2-4-8-13(11)12;/h1,3-8H,9H2;/q-1;+3. The molecule has 0 fully saturated rings. The molecule has 0 aliphatic heterocycles. The van der Waals surface area contributed by atoms with Crippen LogP contribution in [0, 0.1) is 6.07 Å². The molecule has 1 aliphatic carbocycles. The average molecular weight is 254 g/mol. The largest absolute Gasteiger partial charge is 3.00 e. The van der Waals surface area contributed by atoms with Crippen LogP contribution in [-0.2, 0) is 39.1 Å². The summed E-state index contributed by atoms with van der Waals surface area (Å²) in [5.41, 5.74) is 5.63. The molecule has 1 aliphatic rings. The fourth-order valence-electron chi connectivity index (χ4n) is 2.02. The fourth-order valence-corrected chi connectivity index (χ4v) is 2.02. The maximum absolute atomic E-state index is 3.13. The molecule has 62 valence electrons. The summed E-state index contributed by atoms with van der Waals surface area (Å²) in [5.74, 6) is 0.